The Kier molecular flexibility index (Phi) is 2.97. The molecular formula is C14H11BrOS. The predicted octanol–water partition coefficient (Wildman–Crippen LogP) is 4.20. The van der Waals surface area contributed by atoms with Crippen LogP contribution in [0.15, 0.2) is 51.9 Å². The summed E-state index contributed by atoms with van der Waals surface area (Å²) in [5.41, 5.74) is 0.879. The molecule has 1 nitrogen and oxygen atoms in total. The van der Waals surface area contributed by atoms with Crippen molar-refractivity contribution in [1.82, 2.24) is 0 Å². The fourth-order valence-electron chi connectivity index (χ4n) is 2.26. The summed E-state index contributed by atoms with van der Waals surface area (Å²) in [6.45, 7) is 0. The van der Waals surface area contributed by atoms with Crippen LogP contribution in [0, 0.1) is 5.92 Å². The SMILES string of the molecule is O=C1CC2C=C(Br)C=CC2Sc2ccccc21. The number of ketones is 1. The zero-order valence-corrected chi connectivity index (χ0v) is 11.5. The first kappa shape index (κ1) is 11.3. The standard InChI is InChI=1S/C14H11BrOS/c15-10-5-6-13-9(7-10)8-12(16)11-3-1-2-4-14(11)17-13/h1-7,9,13H,8H2. The smallest absolute Gasteiger partial charge is 0.164 e. The summed E-state index contributed by atoms with van der Waals surface area (Å²) in [5, 5.41) is 0.379. The van der Waals surface area contributed by atoms with Crippen LogP contribution in [-0.2, 0) is 0 Å². The average molecular weight is 307 g/mol. The van der Waals surface area contributed by atoms with Crippen LogP contribution in [0.5, 0.6) is 0 Å². The van der Waals surface area contributed by atoms with Crippen LogP contribution in [0.25, 0.3) is 0 Å². The van der Waals surface area contributed by atoms with Gasteiger partial charge in [-0.05, 0) is 6.07 Å². The summed E-state index contributed by atoms with van der Waals surface area (Å²) in [7, 11) is 0. The lowest BCUT2D eigenvalue weighted by Gasteiger charge is -2.21. The minimum atomic E-state index is 0.257. The van der Waals surface area contributed by atoms with Crippen molar-refractivity contribution in [2.75, 3.05) is 0 Å². The maximum atomic E-state index is 12.2. The van der Waals surface area contributed by atoms with Crippen molar-refractivity contribution in [2.24, 2.45) is 5.92 Å². The van der Waals surface area contributed by atoms with Crippen molar-refractivity contribution in [2.45, 2.75) is 16.6 Å². The molecule has 0 fully saturated rings. The normalized spacial score (nSPS) is 26.9. The van der Waals surface area contributed by atoms with Gasteiger partial charge in [-0.15, -0.1) is 11.8 Å². The molecule has 1 aromatic rings. The van der Waals surface area contributed by atoms with Crippen LogP contribution in [0.1, 0.15) is 16.8 Å². The summed E-state index contributed by atoms with van der Waals surface area (Å²) >= 11 is 5.28. The molecule has 0 amide bonds. The monoisotopic (exact) mass is 306 g/mol. The van der Waals surface area contributed by atoms with Gasteiger partial charge < -0.3 is 0 Å². The third kappa shape index (κ3) is 2.14. The fourth-order valence-corrected chi connectivity index (χ4v) is 4.01. The van der Waals surface area contributed by atoms with Crippen LogP contribution >= 0.6 is 27.7 Å². The van der Waals surface area contributed by atoms with E-state index in [0.29, 0.717) is 17.6 Å². The predicted molar refractivity (Wildman–Crippen MR) is 74.7 cm³/mol. The Labute approximate surface area is 113 Å². The first-order valence-corrected chi connectivity index (χ1v) is 7.26. The lowest BCUT2D eigenvalue weighted by Crippen LogP contribution is -2.16. The van der Waals surface area contributed by atoms with Crippen LogP contribution in [0.4, 0.5) is 0 Å². The number of thioether (sulfide) groups is 1. The van der Waals surface area contributed by atoms with Gasteiger partial charge in [0.15, 0.2) is 5.78 Å². The molecule has 2 aliphatic rings. The molecule has 0 N–H and O–H groups in total. The summed E-state index contributed by atoms with van der Waals surface area (Å²) in [6.07, 6.45) is 7.02. The van der Waals surface area contributed by atoms with Gasteiger partial charge in [-0.2, -0.15) is 0 Å². The summed E-state index contributed by atoms with van der Waals surface area (Å²) in [5.74, 6) is 0.562. The third-order valence-corrected chi connectivity index (χ3v) is 5.03. The van der Waals surface area contributed by atoms with Crippen molar-refractivity contribution in [3.05, 3.63) is 52.5 Å². The summed E-state index contributed by atoms with van der Waals surface area (Å²) in [4.78, 5) is 13.3. The van der Waals surface area contributed by atoms with E-state index in [1.807, 2.05) is 24.3 Å². The maximum Gasteiger partial charge on any atom is 0.164 e. The quantitative estimate of drug-likeness (QED) is 0.714. The van der Waals surface area contributed by atoms with Crippen molar-refractivity contribution in [1.29, 1.82) is 0 Å². The lowest BCUT2D eigenvalue weighted by molar-refractivity contribution is 0.0969. The Morgan fingerprint density at radius 2 is 2.12 bits per heavy atom. The van der Waals surface area contributed by atoms with E-state index < -0.39 is 0 Å². The van der Waals surface area contributed by atoms with Gasteiger partial charge in [0.1, 0.15) is 0 Å². The van der Waals surface area contributed by atoms with Crippen molar-refractivity contribution in [3.63, 3.8) is 0 Å². The van der Waals surface area contributed by atoms with Gasteiger partial charge in [0.25, 0.3) is 0 Å². The van der Waals surface area contributed by atoms with E-state index in [-0.39, 0.29) is 5.78 Å². The number of carbonyl (C=O) groups is 1. The van der Waals surface area contributed by atoms with Crippen LogP contribution < -0.4 is 0 Å². The number of benzene rings is 1. The number of hydrogen-bond donors (Lipinski definition) is 0. The second-order valence-corrected chi connectivity index (χ2v) is 6.42. The maximum absolute atomic E-state index is 12.2. The molecule has 0 saturated carbocycles. The topological polar surface area (TPSA) is 17.1 Å². The van der Waals surface area contributed by atoms with Gasteiger partial charge in [0.05, 0.1) is 0 Å². The van der Waals surface area contributed by atoms with E-state index in [0.717, 1.165) is 14.9 Å². The van der Waals surface area contributed by atoms with Gasteiger partial charge in [-0.1, -0.05) is 52.4 Å². The van der Waals surface area contributed by atoms with E-state index in [4.69, 9.17) is 0 Å². The van der Waals surface area contributed by atoms with Crippen LogP contribution in [-0.4, -0.2) is 11.0 Å². The minimum absolute atomic E-state index is 0.257. The number of carbonyl (C=O) groups excluding carboxylic acids is 1. The molecule has 0 bridgehead atoms. The van der Waals surface area contributed by atoms with Crippen molar-refractivity contribution >= 4 is 33.5 Å². The molecule has 86 valence electrons. The molecular weight excluding hydrogens is 296 g/mol. The molecule has 17 heavy (non-hydrogen) atoms. The number of hydrogen-bond acceptors (Lipinski definition) is 2. The molecule has 2 unspecified atom stereocenters. The highest BCUT2D eigenvalue weighted by molar-refractivity contribution is 9.11. The zero-order chi connectivity index (χ0) is 11.8. The van der Waals surface area contributed by atoms with Crippen LogP contribution in [0.2, 0.25) is 0 Å². The number of rotatable bonds is 0. The van der Waals surface area contributed by atoms with E-state index in [1.54, 1.807) is 11.8 Å². The number of fused-ring (bicyclic) bond motifs is 2. The lowest BCUT2D eigenvalue weighted by atomic mass is 9.92. The third-order valence-electron chi connectivity index (χ3n) is 3.11. The molecule has 2 atom stereocenters. The summed E-state index contributed by atoms with van der Waals surface area (Å²) < 4.78 is 1.08. The number of halogens is 1. The highest BCUT2D eigenvalue weighted by Crippen LogP contribution is 2.40. The minimum Gasteiger partial charge on any atom is -0.294 e. The molecule has 3 rings (SSSR count). The number of Topliss-reactive ketones (excluding diaryl/α,β-unsaturated/α-hetero) is 1. The van der Waals surface area contributed by atoms with Crippen molar-refractivity contribution in [3.8, 4) is 0 Å². The van der Waals surface area contributed by atoms with E-state index in [2.05, 4.69) is 34.2 Å². The second kappa shape index (κ2) is 4.46. The summed E-state index contributed by atoms with van der Waals surface area (Å²) in [6, 6.07) is 7.91. The highest BCUT2D eigenvalue weighted by Gasteiger charge is 2.29. The van der Waals surface area contributed by atoms with Gasteiger partial charge in [-0.3, -0.25) is 4.79 Å². The van der Waals surface area contributed by atoms with Gasteiger partial charge >= 0.3 is 0 Å². The molecule has 1 aliphatic heterocycles. The Balaban J connectivity index is 2.02. The Morgan fingerprint density at radius 1 is 1.29 bits per heavy atom. The number of allylic oxidation sites excluding steroid dienone is 3. The van der Waals surface area contributed by atoms with Gasteiger partial charge in [0, 0.05) is 32.5 Å². The average Bonchev–Trinajstić information content (AvgIpc) is 2.46. The fraction of sp³-hybridized carbons (Fsp3) is 0.214. The van der Waals surface area contributed by atoms with Gasteiger partial charge in [0.2, 0.25) is 0 Å². The largest absolute Gasteiger partial charge is 0.294 e. The van der Waals surface area contributed by atoms with E-state index >= 15 is 0 Å². The molecule has 1 aromatic carbocycles. The van der Waals surface area contributed by atoms with E-state index in [1.165, 1.54) is 0 Å². The molecule has 0 spiro atoms. The Morgan fingerprint density at radius 3 is 3.00 bits per heavy atom. The Hall–Kier alpha value is -0.800. The van der Waals surface area contributed by atoms with Crippen molar-refractivity contribution < 1.29 is 4.79 Å². The van der Waals surface area contributed by atoms with Crippen LogP contribution in [0.3, 0.4) is 0 Å². The van der Waals surface area contributed by atoms with Gasteiger partial charge in [-0.25, -0.2) is 0 Å². The molecule has 0 radical (unpaired) electrons. The molecule has 1 heterocycles. The molecule has 0 aromatic heterocycles. The zero-order valence-electron chi connectivity index (χ0n) is 9.10. The second-order valence-electron chi connectivity index (χ2n) is 4.28. The molecule has 3 heteroatoms. The first-order valence-electron chi connectivity index (χ1n) is 5.58. The Bertz CT molecular complexity index is 533. The highest BCUT2D eigenvalue weighted by atomic mass is 79.9. The van der Waals surface area contributed by atoms with E-state index in [9.17, 15) is 4.79 Å². The molecule has 1 aliphatic carbocycles. The molecule has 0 saturated heterocycles. The first-order chi connectivity index (χ1) is 8.24.